The van der Waals surface area contributed by atoms with Crippen molar-refractivity contribution < 1.29 is 9.59 Å². The van der Waals surface area contributed by atoms with Gasteiger partial charge >= 0.3 is 0 Å². The highest BCUT2D eigenvalue weighted by molar-refractivity contribution is 5.98. The molecule has 2 rings (SSSR count). The highest BCUT2D eigenvalue weighted by atomic mass is 35.5. The average Bonchev–Trinajstić information content (AvgIpc) is 2.56. The van der Waals surface area contributed by atoms with Crippen LogP contribution in [0.4, 0.5) is 0 Å². The van der Waals surface area contributed by atoms with Gasteiger partial charge in [-0.3, -0.25) is 9.59 Å². The average molecular weight is 339 g/mol. The van der Waals surface area contributed by atoms with Gasteiger partial charge in [0.25, 0.3) is 0 Å². The fourth-order valence-electron chi connectivity index (χ4n) is 2.86. The van der Waals surface area contributed by atoms with Crippen LogP contribution in [0.2, 0.25) is 0 Å². The predicted molar refractivity (Wildman–Crippen MR) is 95.4 cm³/mol. The monoisotopic (exact) mass is 338 g/mol. The van der Waals surface area contributed by atoms with Crippen molar-refractivity contribution in [2.75, 3.05) is 20.1 Å². The summed E-state index contributed by atoms with van der Waals surface area (Å²) in [7, 11) is 1.89. The van der Waals surface area contributed by atoms with Crippen LogP contribution in [0.5, 0.6) is 0 Å². The molecule has 1 aromatic rings. The van der Waals surface area contributed by atoms with E-state index in [0.29, 0.717) is 6.54 Å². The summed E-state index contributed by atoms with van der Waals surface area (Å²) in [6.45, 7) is 1.54. The van der Waals surface area contributed by atoms with Gasteiger partial charge in [0.05, 0.1) is 0 Å². The molecule has 23 heavy (non-hydrogen) atoms. The van der Waals surface area contributed by atoms with Crippen molar-refractivity contribution in [1.82, 2.24) is 10.6 Å². The van der Waals surface area contributed by atoms with Gasteiger partial charge in [-0.1, -0.05) is 12.1 Å². The summed E-state index contributed by atoms with van der Waals surface area (Å²) in [5.74, 6) is 0.0289. The summed E-state index contributed by atoms with van der Waals surface area (Å²) >= 11 is 0. The van der Waals surface area contributed by atoms with Gasteiger partial charge in [0.1, 0.15) is 0 Å². The Bertz CT molecular complexity index is 532. The maximum absolute atomic E-state index is 12.2. The normalized spacial score (nSPS) is 12.9. The zero-order valence-electron chi connectivity index (χ0n) is 13.8. The number of nitrogens with one attached hydrogen (secondary N) is 2. The van der Waals surface area contributed by atoms with Crippen LogP contribution in [0, 0.1) is 0 Å². The number of Topliss-reactive ketones (excluding diaryl/α,β-unsaturated/α-hetero) is 1. The smallest absolute Gasteiger partial charge is 0.220 e. The lowest BCUT2D eigenvalue weighted by Crippen LogP contribution is -2.26. The minimum Gasteiger partial charge on any atom is -0.356 e. The first-order valence-electron chi connectivity index (χ1n) is 8.27. The largest absolute Gasteiger partial charge is 0.356 e. The van der Waals surface area contributed by atoms with Crippen LogP contribution in [-0.2, 0) is 17.6 Å². The summed E-state index contributed by atoms with van der Waals surface area (Å²) < 4.78 is 0. The molecule has 1 aliphatic rings. The van der Waals surface area contributed by atoms with Crippen LogP contribution in [-0.4, -0.2) is 31.8 Å². The Balaban J connectivity index is 0.00000264. The minimum absolute atomic E-state index is 0. The molecule has 1 amide bonds. The Hall–Kier alpha value is -1.39. The van der Waals surface area contributed by atoms with Crippen molar-refractivity contribution in [2.24, 2.45) is 0 Å². The number of hydrogen-bond acceptors (Lipinski definition) is 3. The number of benzene rings is 1. The fourth-order valence-corrected chi connectivity index (χ4v) is 2.86. The molecule has 0 fully saturated rings. The molecular weight excluding hydrogens is 312 g/mol. The van der Waals surface area contributed by atoms with Gasteiger partial charge in [-0.05, 0) is 62.9 Å². The van der Waals surface area contributed by atoms with Crippen LogP contribution >= 0.6 is 12.4 Å². The van der Waals surface area contributed by atoms with Crippen LogP contribution in [0.15, 0.2) is 18.2 Å². The highest BCUT2D eigenvalue weighted by Crippen LogP contribution is 2.22. The SMILES string of the molecule is CNCCCNC(=O)CCC(=O)c1ccc2c(c1)CCCC2.Cl. The molecule has 0 atom stereocenters. The van der Waals surface area contributed by atoms with E-state index in [4.69, 9.17) is 0 Å². The number of ketones is 1. The Kier molecular flexibility index (Phi) is 8.89. The molecule has 1 aliphatic carbocycles. The Morgan fingerprint density at radius 1 is 1.04 bits per heavy atom. The molecule has 0 unspecified atom stereocenters. The number of aryl methyl sites for hydroxylation is 2. The number of halogens is 1. The molecule has 0 radical (unpaired) electrons. The molecule has 0 heterocycles. The van der Waals surface area contributed by atoms with Gasteiger partial charge in [0.2, 0.25) is 5.91 Å². The second kappa shape index (κ2) is 10.4. The fraction of sp³-hybridized carbons (Fsp3) is 0.556. The second-order valence-electron chi connectivity index (χ2n) is 5.92. The lowest BCUT2D eigenvalue weighted by atomic mass is 9.89. The predicted octanol–water partition coefficient (Wildman–Crippen LogP) is 2.68. The van der Waals surface area contributed by atoms with Gasteiger partial charge in [-0.25, -0.2) is 0 Å². The molecule has 0 saturated heterocycles. The third kappa shape index (κ3) is 6.32. The molecule has 1 aromatic carbocycles. The quantitative estimate of drug-likeness (QED) is 0.566. The molecule has 4 nitrogen and oxygen atoms in total. The van der Waals surface area contributed by atoms with E-state index >= 15 is 0 Å². The van der Waals surface area contributed by atoms with Crippen LogP contribution in [0.1, 0.15) is 53.6 Å². The minimum atomic E-state index is -0.0394. The molecular formula is C18H27ClN2O2. The zero-order chi connectivity index (χ0) is 15.8. The molecule has 2 N–H and O–H groups in total. The number of carbonyl (C=O) groups excluding carboxylic acids is 2. The zero-order valence-corrected chi connectivity index (χ0v) is 14.6. The van der Waals surface area contributed by atoms with Crippen LogP contribution < -0.4 is 10.6 Å². The van der Waals surface area contributed by atoms with Crippen molar-refractivity contribution >= 4 is 24.1 Å². The van der Waals surface area contributed by atoms with E-state index in [2.05, 4.69) is 16.7 Å². The Labute approximate surface area is 144 Å². The van der Waals surface area contributed by atoms with Crippen molar-refractivity contribution in [3.8, 4) is 0 Å². The van der Waals surface area contributed by atoms with E-state index in [1.807, 2.05) is 19.2 Å². The van der Waals surface area contributed by atoms with Gasteiger partial charge in [0.15, 0.2) is 5.78 Å². The summed E-state index contributed by atoms with van der Waals surface area (Å²) in [6, 6.07) is 6.03. The summed E-state index contributed by atoms with van der Waals surface area (Å²) in [6.07, 6.45) is 6.11. The van der Waals surface area contributed by atoms with Crippen LogP contribution in [0.3, 0.4) is 0 Å². The first-order valence-corrected chi connectivity index (χ1v) is 8.27. The van der Waals surface area contributed by atoms with Gasteiger partial charge in [-0.2, -0.15) is 0 Å². The lowest BCUT2D eigenvalue weighted by Gasteiger charge is -2.16. The van der Waals surface area contributed by atoms with Gasteiger partial charge in [0, 0.05) is 24.9 Å². The highest BCUT2D eigenvalue weighted by Gasteiger charge is 2.13. The number of fused-ring (bicyclic) bond motifs is 1. The standard InChI is InChI=1S/C18H26N2O2.ClH/c1-19-11-4-12-20-18(22)10-9-17(21)16-8-7-14-5-2-3-6-15(14)13-16;/h7-8,13,19H,2-6,9-12H2,1H3,(H,20,22);1H. The third-order valence-electron chi connectivity index (χ3n) is 4.18. The molecule has 0 aliphatic heterocycles. The topological polar surface area (TPSA) is 58.2 Å². The van der Waals surface area contributed by atoms with E-state index in [1.54, 1.807) is 0 Å². The van der Waals surface area contributed by atoms with Crippen LogP contribution in [0.25, 0.3) is 0 Å². The lowest BCUT2D eigenvalue weighted by molar-refractivity contribution is -0.121. The maximum atomic E-state index is 12.2. The molecule has 128 valence electrons. The van der Waals surface area contributed by atoms with E-state index in [9.17, 15) is 9.59 Å². The Morgan fingerprint density at radius 2 is 1.78 bits per heavy atom. The van der Waals surface area contributed by atoms with E-state index in [1.165, 1.54) is 24.0 Å². The van der Waals surface area contributed by atoms with Crippen molar-refractivity contribution in [1.29, 1.82) is 0 Å². The van der Waals surface area contributed by atoms with Crippen molar-refractivity contribution in [2.45, 2.75) is 44.9 Å². The third-order valence-corrected chi connectivity index (χ3v) is 4.18. The molecule has 0 saturated carbocycles. The van der Waals surface area contributed by atoms with E-state index < -0.39 is 0 Å². The van der Waals surface area contributed by atoms with Crippen molar-refractivity contribution in [3.63, 3.8) is 0 Å². The molecule has 5 heteroatoms. The molecule has 0 aromatic heterocycles. The van der Waals surface area contributed by atoms with E-state index in [0.717, 1.165) is 31.4 Å². The first-order chi connectivity index (χ1) is 10.7. The second-order valence-corrected chi connectivity index (χ2v) is 5.92. The number of carbonyl (C=O) groups is 2. The molecule has 0 bridgehead atoms. The number of rotatable bonds is 8. The van der Waals surface area contributed by atoms with Gasteiger partial charge < -0.3 is 10.6 Å². The summed E-state index contributed by atoms with van der Waals surface area (Å²) in [4.78, 5) is 23.9. The first kappa shape index (κ1) is 19.7. The van der Waals surface area contributed by atoms with E-state index in [-0.39, 0.29) is 36.9 Å². The van der Waals surface area contributed by atoms with Gasteiger partial charge in [-0.15, -0.1) is 12.4 Å². The number of amides is 1. The summed E-state index contributed by atoms with van der Waals surface area (Å²) in [5.41, 5.74) is 3.45. The summed E-state index contributed by atoms with van der Waals surface area (Å²) in [5, 5.41) is 5.88. The maximum Gasteiger partial charge on any atom is 0.220 e. The molecule has 0 spiro atoms. The van der Waals surface area contributed by atoms with Crippen molar-refractivity contribution in [3.05, 3.63) is 34.9 Å². The number of hydrogen-bond donors (Lipinski definition) is 2. The Morgan fingerprint density at radius 3 is 2.52 bits per heavy atom.